The maximum Gasteiger partial charge on any atom is 0.416 e. The molecule has 1 aromatic carbocycles. The number of alkyl halides is 3. The molecule has 2 aromatic heterocycles. The lowest BCUT2D eigenvalue weighted by Crippen LogP contribution is -2.32. The fourth-order valence-electron chi connectivity index (χ4n) is 2.35. The summed E-state index contributed by atoms with van der Waals surface area (Å²) >= 11 is 0. The Hall–Kier alpha value is -3.57. The van der Waals surface area contributed by atoms with Gasteiger partial charge >= 0.3 is 12.2 Å². The Bertz CT molecular complexity index is 975. The highest BCUT2D eigenvalue weighted by Crippen LogP contribution is 2.31. The Morgan fingerprint density at radius 1 is 1.14 bits per heavy atom. The van der Waals surface area contributed by atoms with Crippen LogP contribution in [0.5, 0.6) is 0 Å². The van der Waals surface area contributed by atoms with Crippen molar-refractivity contribution >= 4 is 11.7 Å². The van der Waals surface area contributed by atoms with Gasteiger partial charge in [0.2, 0.25) is 0 Å². The third-order valence-electron chi connectivity index (χ3n) is 3.53. The summed E-state index contributed by atoms with van der Waals surface area (Å²) in [7, 11) is 0. The summed E-state index contributed by atoms with van der Waals surface area (Å²) in [5.74, 6) is -0.611. The fraction of sp³-hybridized carbons (Fsp3) is 0.188. The number of hydrogen-bond acceptors (Lipinski definition) is 5. The molecule has 0 fully saturated rings. The first-order valence-electron chi connectivity index (χ1n) is 7.86. The molecule has 146 valence electrons. The molecule has 3 aromatic rings. The number of anilines is 1. The number of carbonyl (C=O) groups excluding carboxylic acids is 1. The van der Waals surface area contributed by atoms with Crippen molar-refractivity contribution in [2.24, 2.45) is 0 Å². The molecule has 0 saturated carbocycles. The minimum Gasteiger partial charge on any atom is -0.328 e. The summed E-state index contributed by atoms with van der Waals surface area (Å²) in [4.78, 5) is 24.2. The smallest absolute Gasteiger partial charge is 0.328 e. The molecule has 0 aliphatic carbocycles. The molecule has 3 rings (SSSR count). The molecular weight excluding hydrogens is 382 g/mol. The molecule has 1 unspecified atom stereocenters. The summed E-state index contributed by atoms with van der Waals surface area (Å²) in [6.07, 6.45) is -0.500. The summed E-state index contributed by atoms with van der Waals surface area (Å²) in [6, 6.07) is 1.81. The average molecular weight is 395 g/mol. The van der Waals surface area contributed by atoms with Crippen LogP contribution in [0.2, 0.25) is 0 Å². The number of urea groups is 1. The number of nitrogens with zero attached hydrogens (tertiary/aromatic N) is 5. The van der Waals surface area contributed by atoms with E-state index in [4.69, 9.17) is 0 Å². The number of halogens is 4. The standard InChI is InChI=1S/C16H13F4N7O/c1-9(13-23-8-24-27(13)14-21-3-2-4-22-14)25-15(28)26-12-6-10(16(18,19)20)5-11(17)7-12/h2-9H,1H3,(H2,25,26,28). The molecule has 0 spiro atoms. The third-order valence-corrected chi connectivity index (χ3v) is 3.53. The zero-order chi connectivity index (χ0) is 20.3. The second kappa shape index (κ2) is 7.58. The Balaban J connectivity index is 1.73. The minimum absolute atomic E-state index is 0.226. The van der Waals surface area contributed by atoms with Gasteiger partial charge in [-0.3, -0.25) is 0 Å². The maximum atomic E-state index is 13.4. The number of nitrogens with one attached hydrogen (secondary N) is 2. The van der Waals surface area contributed by atoms with Gasteiger partial charge in [-0.1, -0.05) is 0 Å². The van der Waals surface area contributed by atoms with E-state index in [9.17, 15) is 22.4 Å². The summed E-state index contributed by atoms with van der Waals surface area (Å²) in [5.41, 5.74) is -1.55. The van der Waals surface area contributed by atoms with Gasteiger partial charge in [-0.05, 0) is 31.2 Å². The van der Waals surface area contributed by atoms with Crippen molar-refractivity contribution in [1.29, 1.82) is 0 Å². The third kappa shape index (κ3) is 4.39. The van der Waals surface area contributed by atoms with Gasteiger partial charge in [0.05, 0.1) is 11.6 Å². The van der Waals surface area contributed by atoms with E-state index in [1.54, 1.807) is 13.0 Å². The van der Waals surface area contributed by atoms with Crippen molar-refractivity contribution in [2.75, 3.05) is 5.32 Å². The Kier molecular flexibility index (Phi) is 5.20. The SMILES string of the molecule is CC(NC(=O)Nc1cc(F)cc(C(F)(F)F)c1)c1ncnn1-c1ncccn1. The van der Waals surface area contributed by atoms with Gasteiger partial charge in [-0.2, -0.15) is 23.0 Å². The number of carbonyl (C=O) groups is 1. The highest BCUT2D eigenvalue weighted by atomic mass is 19.4. The molecular formula is C16H13F4N7O. The molecule has 2 amide bonds. The summed E-state index contributed by atoms with van der Waals surface area (Å²) in [6.45, 7) is 1.58. The van der Waals surface area contributed by atoms with Crippen LogP contribution in [-0.2, 0) is 6.18 Å². The van der Waals surface area contributed by atoms with Crippen LogP contribution < -0.4 is 10.6 Å². The molecule has 0 bridgehead atoms. The van der Waals surface area contributed by atoms with E-state index in [1.807, 2.05) is 0 Å². The number of hydrogen-bond donors (Lipinski definition) is 2. The predicted molar refractivity (Wildman–Crippen MR) is 88.9 cm³/mol. The molecule has 2 N–H and O–H groups in total. The zero-order valence-corrected chi connectivity index (χ0v) is 14.3. The molecule has 12 heteroatoms. The second-order valence-electron chi connectivity index (χ2n) is 5.63. The first-order valence-corrected chi connectivity index (χ1v) is 7.86. The first-order chi connectivity index (χ1) is 13.2. The number of rotatable bonds is 4. The lowest BCUT2D eigenvalue weighted by molar-refractivity contribution is -0.137. The van der Waals surface area contributed by atoms with Crippen molar-refractivity contribution in [2.45, 2.75) is 19.1 Å². The monoisotopic (exact) mass is 395 g/mol. The topological polar surface area (TPSA) is 97.6 Å². The van der Waals surface area contributed by atoms with Crippen molar-refractivity contribution in [3.63, 3.8) is 0 Å². The normalized spacial score (nSPS) is 12.5. The maximum absolute atomic E-state index is 13.4. The zero-order valence-electron chi connectivity index (χ0n) is 14.3. The van der Waals surface area contributed by atoms with E-state index in [2.05, 4.69) is 30.7 Å². The fourth-order valence-corrected chi connectivity index (χ4v) is 2.35. The van der Waals surface area contributed by atoms with Gasteiger partial charge in [-0.15, -0.1) is 0 Å². The second-order valence-corrected chi connectivity index (χ2v) is 5.63. The van der Waals surface area contributed by atoms with E-state index in [0.717, 1.165) is 6.07 Å². The highest BCUT2D eigenvalue weighted by Gasteiger charge is 2.31. The molecule has 0 saturated heterocycles. The quantitative estimate of drug-likeness (QED) is 0.662. The van der Waals surface area contributed by atoms with Crippen LogP contribution in [0.4, 0.5) is 28.0 Å². The van der Waals surface area contributed by atoms with Crippen LogP contribution in [0.1, 0.15) is 24.4 Å². The van der Waals surface area contributed by atoms with Crippen molar-refractivity contribution < 1.29 is 22.4 Å². The minimum atomic E-state index is -4.74. The molecule has 1 atom stereocenters. The van der Waals surface area contributed by atoms with Gasteiger partial charge in [0, 0.05) is 18.1 Å². The summed E-state index contributed by atoms with van der Waals surface area (Å²) < 4.78 is 53.0. The van der Waals surface area contributed by atoms with E-state index < -0.39 is 29.6 Å². The predicted octanol–water partition coefficient (Wildman–Crippen LogP) is 3.10. The van der Waals surface area contributed by atoms with E-state index >= 15 is 0 Å². The van der Waals surface area contributed by atoms with Crippen LogP contribution in [0.15, 0.2) is 43.0 Å². The van der Waals surface area contributed by atoms with Crippen molar-refractivity contribution in [3.8, 4) is 5.95 Å². The largest absolute Gasteiger partial charge is 0.416 e. The Morgan fingerprint density at radius 3 is 2.54 bits per heavy atom. The van der Waals surface area contributed by atoms with Gasteiger partial charge < -0.3 is 10.6 Å². The van der Waals surface area contributed by atoms with Crippen LogP contribution in [0.25, 0.3) is 5.95 Å². The molecule has 28 heavy (non-hydrogen) atoms. The summed E-state index contributed by atoms with van der Waals surface area (Å²) in [5, 5.41) is 8.64. The average Bonchev–Trinajstić information content (AvgIpc) is 3.11. The van der Waals surface area contributed by atoms with Gasteiger partial charge in [0.25, 0.3) is 5.95 Å². The van der Waals surface area contributed by atoms with E-state index in [0.29, 0.717) is 12.1 Å². The number of amides is 2. The first kappa shape index (κ1) is 19.2. The lowest BCUT2D eigenvalue weighted by Gasteiger charge is -2.15. The van der Waals surface area contributed by atoms with Crippen LogP contribution in [0, 0.1) is 5.82 Å². The number of benzene rings is 1. The molecule has 0 aliphatic heterocycles. The molecule has 0 radical (unpaired) electrons. The molecule has 8 nitrogen and oxygen atoms in total. The van der Waals surface area contributed by atoms with E-state index in [1.165, 1.54) is 23.4 Å². The molecule has 2 heterocycles. The van der Waals surface area contributed by atoms with Gasteiger partial charge in [0.1, 0.15) is 12.1 Å². The van der Waals surface area contributed by atoms with Crippen molar-refractivity contribution in [1.82, 2.24) is 30.0 Å². The van der Waals surface area contributed by atoms with Crippen molar-refractivity contribution in [3.05, 3.63) is 60.2 Å². The lowest BCUT2D eigenvalue weighted by atomic mass is 10.2. The van der Waals surface area contributed by atoms with Gasteiger partial charge in [-0.25, -0.2) is 24.1 Å². The Morgan fingerprint density at radius 2 is 1.86 bits per heavy atom. The van der Waals surface area contributed by atoms with Crippen LogP contribution >= 0.6 is 0 Å². The van der Waals surface area contributed by atoms with E-state index in [-0.39, 0.29) is 17.5 Å². The van der Waals surface area contributed by atoms with Crippen LogP contribution in [-0.4, -0.2) is 30.8 Å². The highest BCUT2D eigenvalue weighted by molar-refractivity contribution is 5.89. The number of aromatic nitrogens is 5. The van der Waals surface area contributed by atoms with Gasteiger partial charge in [0.15, 0.2) is 5.82 Å². The van der Waals surface area contributed by atoms with Crippen LogP contribution in [0.3, 0.4) is 0 Å². The Labute approximate surface area is 155 Å². The molecule has 0 aliphatic rings.